The van der Waals surface area contributed by atoms with Crippen molar-refractivity contribution in [2.24, 2.45) is 0 Å². The molecule has 0 aliphatic carbocycles. The summed E-state index contributed by atoms with van der Waals surface area (Å²) in [6, 6.07) is 7.90. The van der Waals surface area contributed by atoms with Crippen LogP contribution in [0, 0.1) is 5.82 Å². The molecule has 4 nitrogen and oxygen atoms in total. The molecule has 2 N–H and O–H groups in total. The first-order valence-electron chi connectivity index (χ1n) is 5.96. The molecule has 0 atom stereocenters. The van der Waals surface area contributed by atoms with E-state index in [9.17, 15) is 9.18 Å². The van der Waals surface area contributed by atoms with Gasteiger partial charge in [-0.2, -0.15) is 0 Å². The van der Waals surface area contributed by atoms with E-state index in [1.807, 2.05) is 0 Å². The third kappa shape index (κ3) is 3.54. The van der Waals surface area contributed by atoms with E-state index < -0.39 is 0 Å². The van der Waals surface area contributed by atoms with Crippen LogP contribution in [0.3, 0.4) is 0 Å². The quantitative estimate of drug-likeness (QED) is 0.901. The number of anilines is 1. The Balaban J connectivity index is 2.11. The van der Waals surface area contributed by atoms with Gasteiger partial charge in [0.05, 0.1) is 0 Å². The number of aromatic nitrogens is 1. The Morgan fingerprint density at radius 2 is 2.15 bits per heavy atom. The fraction of sp³-hybridized carbons (Fsp3) is 0.143. The number of hydrogen-bond donors (Lipinski definition) is 2. The summed E-state index contributed by atoms with van der Waals surface area (Å²) in [7, 11) is 1.55. The van der Waals surface area contributed by atoms with E-state index in [-0.39, 0.29) is 11.7 Å². The first-order valence-corrected chi connectivity index (χ1v) is 6.75. The normalized spacial score (nSPS) is 10.2. The molecule has 0 unspecified atom stereocenters. The van der Waals surface area contributed by atoms with Crippen LogP contribution in [-0.2, 0) is 6.54 Å². The third-order valence-corrected chi connectivity index (χ3v) is 3.48. The molecular weight excluding hydrogens is 325 g/mol. The van der Waals surface area contributed by atoms with Crippen LogP contribution in [0.15, 0.2) is 41.0 Å². The molecule has 0 saturated heterocycles. The maximum atomic E-state index is 13.2. The lowest BCUT2D eigenvalue weighted by Crippen LogP contribution is -2.19. The monoisotopic (exact) mass is 337 g/mol. The van der Waals surface area contributed by atoms with Crippen LogP contribution in [0.5, 0.6) is 0 Å². The molecule has 1 amide bonds. The van der Waals surface area contributed by atoms with Gasteiger partial charge in [-0.05, 0) is 35.9 Å². The van der Waals surface area contributed by atoms with E-state index in [1.54, 1.807) is 31.4 Å². The second-order valence-corrected chi connectivity index (χ2v) is 4.95. The molecule has 1 aromatic heterocycles. The Labute approximate surface area is 124 Å². The van der Waals surface area contributed by atoms with Crippen molar-refractivity contribution in [3.8, 4) is 0 Å². The van der Waals surface area contributed by atoms with Crippen molar-refractivity contribution >= 4 is 27.5 Å². The standard InChI is InChI=1S/C14H13BrFN3O/c1-17-14(20)13-7-11(4-5-18-13)19-8-9-6-10(16)2-3-12(9)15/h2-7H,8H2,1H3,(H,17,20)(H,18,19). The van der Waals surface area contributed by atoms with Gasteiger partial charge in [-0.1, -0.05) is 15.9 Å². The minimum absolute atomic E-state index is 0.249. The summed E-state index contributed by atoms with van der Waals surface area (Å²) in [5.41, 5.74) is 1.87. The van der Waals surface area contributed by atoms with Gasteiger partial charge < -0.3 is 10.6 Å². The van der Waals surface area contributed by atoms with E-state index in [4.69, 9.17) is 0 Å². The third-order valence-electron chi connectivity index (χ3n) is 2.71. The summed E-state index contributed by atoms with van der Waals surface area (Å²) >= 11 is 3.37. The largest absolute Gasteiger partial charge is 0.381 e. The van der Waals surface area contributed by atoms with E-state index in [0.29, 0.717) is 12.2 Å². The number of nitrogens with zero attached hydrogens (tertiary/aromatic N) is 1. The Kier molecular flexibility index (Phi) is 4.68. The van der Waals surface area contributed by atoms with E-state index in [1.165, 1.54) is 12.1 Å². The number of amides is 1. The molecule has 0 fully saturated rings. The fourth-order valence-corrected chi connectivity index (χ4v) is 2.06. The maximum Gasteiger partial charge on any atom is 0.269 e. The summed E-state index contributed by atoms with van der Waals surface area (Å²) in [6.07, 6.45) is 1.55. The van der Waals surface area contributed by atoms with Gasteiger partial charge in [0.15, 0.2) is 0 Å². The molecule has 0 aliphatic heterocycles. The number of rotatable bonds is 4. The lowest BCUT2D eigenvalue weighted by Gasteiger charge is -2.09. The van der Waals surface area contributed by atoms with Crippen molar-refractivity contribution in [1.29, 1.82) is 0 Å². The highest BCUT2D eigenvalue weighted by molar-refractivity contribution is 9.10. The molecule has 6 heteroatoms. The number of carbonyl (C=O) groups is 1. The predicted molar refractivity (Wildman–Crippen MR) is 79.1 cm³/mol. The highest BCUT2D eigenvalue weighted by Crippen LogP contribution is 2.19. The van der Waals surface area contributed by atoms with Gasteiger partial charge in [0, 0.05) is 29.9 Å². The molecule has 0 radical (unpaired) electrons. The van der Waals surface area contributed by atoms with Crippen LogP contribution in [0.2, 0.25) is 0 Å². The molecule has 0 bridgehead atoms. The zero-order valence-corrected chi connectivity index (χ0v) is 12.4. The smallest absolute Gasteiger partial charge is 0.269 e. The lowest BCUT2D eigenvalue weighted by atomic mass is 10.2. The average molecular weight is 338 g/mol. The van der Waals surface area contributed by atoms with Crippen LogP contribution >= 0.6 is 15.9 Å². The van der Waals surface area contributed by atoms with Crippen LogP contribution in [0.1, 0.15) is 16.1 Å². The Morgan fingerprint density at radius 1 is 1.35 bits per heavy atom. The first-order chi connectivity index (χ1) is 9.60. The van der Waals surface area contributed by atoms with Gasteiger partial charge in [0.25, 0.3) is 5.91 Å². The predicted octanol–water partition coefficient (Wildman–Crippen LogP) is 2.95. The average Bonchev–Trinajstić information content (AvgIpc) is 2.47. The summed E-state index contributed by atoms with van der Waals surface area (Å²) in [5.74, 6) is -0.536. The second kappa shape index (κ2) is 6.47. The van der Waals surface area contributed by atoms with Crippen molar-refractivity contribution in [2.45, 2.75) is 6.54 Å². The molecule has 20 heavy (non-hydrogen) atoms. The lowest BCUT2D eigenvalue weighted by molar-refractivity contribution is 0.0958. The number of halogens is 2. The maximum absolute atomic E-state index is 13.2. The van der Waals surface area contributed by atoms with Crippen molar-refractivity contribution in [3.05, 3.63) is 58.1 Å². The Bertz CT molecular complexity index is 634. The van der Waals surface area contributed by atoms with Crippen molar-refractivity contribution in [1.82, 2.24) is 10.3 Å². The fourth-order valence-electron chi connectivity index (χ4n) is 1.67. The van der Waals surface area contributed by atoms with Crippen molar-refractivity contribution in [2.75, 3.05) is 12.4 Å². The van der Waals surface area contributed by atoms with Crippen LogP contribution in [0.4, 0.5) is 10.1 Å². The minimum Gasteiger partial charge on any atom is -0.381 e. The number of hydrogen-bond acceptors (Lipinski definition) is 3. The molecule has 0 aliphatic rings. The highest BCUT2D eigenvalue weighted by Gasteiger charge is 2.06. The van der Waals surface area contributed by atoms with Gasteiger partial charge >= 0.3 is 0 Å². The molecule has 2 rings (SSSR count). The van der Waals surface area contributed by atoms with E-state index >= 15 is 0 Å². The highest BCUT2D eigenvalue weighted by atomic mass is 79.9. The zero-order chi connectivity index (χ0) is 14.5. The second-order valence-electron chi connectivity index (χ2n) is 4.10. The molecule has 1 heterocycles. The number of nitrogens with one attached hydrogen (secondary N) is 2. The summed E-state index contributed by atoms with van der Waals surface area (Å²) < 4.78 is 14.0. The Hall–Kier alpha value is -1.95. The SMILES string of the molecule is CNC(=O)c1cc(NCc2cc(F)ccc2Br)ccn1. The van der Waals surface area contributed by atoms with Crippen molar-refractivity contribution < 1.29 is 9.18 Å². The Morgan fingerprint density at radius 3 is 2.90 bits per heavy atom. The first kappa shape index (κ1) is 14.5. The van der Waals surface area contributed by atoms with Gasteiger partial charge in [-0.25, -0.2) is 4.39 Å². The van der Waals surface area contributed by atoms with Gasteiger partial charge in [0.1, 0.15) is 11.5 Å². The summed E-state index contributed by atoms with van der Waals surface area (Å²) in [5, 5.41) is 5.64. The topological polar surface area (TPSA) is 54.0 Å². The molecular formula is C14H13BrFN3O. The van der Waals surface area contributed by atoms with E-state index in [2.05, 4.69) is 31.5 Å². The molecule has 0 spiro atoms. The summed E-state index contributed by atoms with van der Waals surface area (Å²) in [6.45, 7) is 0.440. The van der Waals surface area contributed by atoms with Crippen LogP contribution < -0.4 is 10.6 Å². The number of carbonyl (C=O) groups excluding carboxylic acids is 1. The van der Waals surface area contributed by atoms with Gasteiger partial charge in [-0.3, -0.25) is 9.78 Å². The van der Waals surface area contributed by atoms with Crippen LogP contribution in [0.25, 0.3) is 0 Å². The molecule has 0 saturated carbocycles. The summed E-state index contributed by atoms with van der Waals surface area (Å²) in [4.78, 5) is 15.5. The van der Waals surface area contributed by atoms with Crippen molar-refractivity contribution in [3.63, 3.8) is 0 Å². The molecule has 1 aromatic carbocycles. The van der Waals surface area contributed by atoms with Crippen LogP contribution in [-0.4, -0.2) is 17.9 Å². The number of pyridine rings is 1. The molecule has 2 aromatic rings. The molecule has 104 valence electrons. The minimum atomic E-state index is -0.286. The number of benzene rings is 1. The van der Waals surface area contributed by atoms with E-state index in [0.717, 1.165) is 15.7 Å². The zero-order valence-electron chi connectivity index (χ0n) is 10.8. The van der Waals surface area contributed by atoms with Gasteiger partial charge in [-0.15, -0.1) is 0 Å². The van der Waals surface area contributed by atoms with Gasteiger partial charge in [0.2, 0.25) is 0 Å².